The van der Waals surface area contributed by atoms with E-state index in [-0.39, 0.29) is 12.0 Å². The molecule has 1 atom stereocenters. The van der Waals surface area contributed by atoms with Crippen molar-refractivity contribution >= 4 is 27.3 Å². The maximum atomic E-state index is 11.7. The van der Waals surface area contributed by atoms with Gasteiger partial charge in [-0.1, -0.05) is 18.2 Å². The number of nitrogens with one attached hydrogen (secondary N) is 1. The standard InChI is InChI=1S/C15H20N2O2S/c1-19-12(9-16)8-15(18)17-7-6-11-10-20-14-5-3-2-4-13(11)14/h2-5,10,12H,6-9,16H2,1H3,(H,17,18). The lowest BCUT2D eigenvalue weighted by molar-refractivity contribution is -0.123. The first-order valence-electron chi connectivity index (χ1n) is 6.69. The maximum absolute atomic E-state index is 11.7. The summed E-state index contributed by atoms with van der Waals surface area (Å²) in [6, 6.07) is 8.33. The zero-order chi connectivity index (χ0) is 14.4. The lowest BCUT2D eigenvalue weighted by Gasteiger charge is -2.12. The molecule has 1 unspecified atom stereocenters. The predicted molar refractivity (Wildman–Crippen MR) is 83.0 cm³/mol. The average Bonchev–Trinajstić information content (AvgIpc) is 2.88. The number of rotatable bonds is 7. The fourth-order valence-electron chi connectivity index (χ4n) is 2.10. The van der Waals surface area contributed by atoms with E-state index >= 15 is 0 Å². The van der Waals surface area contributed by atoms with Gasteiger partial charge in [0.15, 0.2) is 0 Å². The van der Waals surface area contributed by atoms with Gasteiger partial charge in [-0.05, 0) is 28.8 Å². The predicted octanol–water partition coefficient (Wildman–Crippen LogP) is 1.92. The van der Waals surface area contributed by atoms with Crippen LogP contribution in [-0.4, -0.2) is 32.2 Å². The molecule has 1 amide bonds. The Hall–Kier alpha value is -1.43. The number of hydrogen-bond acceptors (Lipinski definition) is 4. The highest BCUT2D eigenvalue weighted by Gasteiger charge is 2.11. The number of nitrogens with two attached hydrogens (primary N) is 1. The van der Waals surface area contributed by atoms with Crippen LogP contribution in [0.15, 0.2) is 29.6 Å². The van der Waals surface area contributed by atoms with E-state index in [4.69, 9.17) is 10.5 Å². The maximum Gasteiger partial charge on any atom is 0.222 e. The van der Waals surface area contributed by atoms with Crippen LogP contribution < -0.4 is 11.1 Å². The molecule has 0 spiro atoms. The number of carbonyl (C=O) groups excluding carboxylic acids is 1. The molecule has 0 bridgehead atoms. The van der Waals surface area contributed by atoms with E-state index in [0.717, 1.165) is 6.42 Å². The fourth-order valence-corrected chi connectivity index (χ4v) is 3.10. The molecule has 1 aromatic carbocycles. The summed E-state index contributed by atoms with van der Waals surface area (Å²) in [6.45, 7) is 1.000. The number of ether oxygens (including phenoxy) is 1. The van der Waals surface area contributed by atoms with E-state index < -0.39 is 0 Å². The van der Waals surface area contributed by atoms with Crippen LogP contribution in [0.4, 0.5) is 0 Å². The molecule has 0 aliphatic heterocycles. The monoisotopic (exact) mass is 292 g/mol. The Labute approximate surface area is 122 Å². The summed E-state index contributed by atoms with van der Waals surface area (Å²) < 4.78 is 6.38. The summed E-state index contributed by atoms with van der Waals surface area (Å²) in [7, 11) is 1.57. The molecule has 0 saturated carbocycles. The normalized spacial score (nSPS) is 12.5. The van der Waals surface area contributed by atoms with Crippen LogP contribution in [-0.2, 0) is 16.0 Å². The summed E-state index contributed by atoms with van der Waals surface area (Å²) in [5.41, 5.74) is 6.78. The number of benzene rings is 1. The summed E-state index contributed by atoms with van der Waals surface area (Å²) in [6.07, 6.45) is 0.963. The van der Waals surface area contributed by atoms with Gasteiger partial charge < -0.3 is 15.8 Å². The molecule has 0 saturated heterocycles. The minimum atomic E-state index is -0.197. The van der Waals surface area contributed by atoms with Gasteiger partial charge >= 0.3 is 0 Å². The van der Waals surface area contributed by atoms with Crippen molar-refractivity contribution in [2.24, 2.45) is 5.73 Å². The largest absolute Gasteiger partial charge is 0.380 e. The lowest BCUT2D eigenvalue weighted by atomic mass is 10.1. The van der Waals surface area contributed by atoms with E-state index in [9.17, 15) is 4.79 Å². The molecule has 0 radical (unpaired) electrons. The molecule has 108 valence electrons. The molecule has 0 aliphatic carbocycles. The second kappa shape index (κ2) is 7.38. The second-order valence-electron chi connectivity index (χ2n) is 4.65. The topological polar surface area (TPSA) is 64.3 Å². The highest BCUT2D eigenvalue weighted by atomic mass is 32.1. The van der Waals surface area contributed by atoms with Gasteiger partial charge in [0, 0.05) is 24.9 Å². The van der Waals surface area contributed by atoms with Crippen molar-refractivity contribution in [3.63, 3.8) is 0 Å². The van der Waals surface area contributed by atoms with Crippen molar-refractivity contribution in [2.75, 3.05) is 20.2 Å². The highest BCUT2D eigenvalue weighted by Crippen LogP contribution is 2.25. The minimum absolute atomic E-state index is 0.0122. The van der Waals surface area contributed by atoms with Gasteiger partial charge in [0.25, 0.3) is 0 Å². The van der Waals surface area contributed by atoms with Crippen molar-refractivity contribution in [1.29, 1.82) is 0 Å². The molecule has 1 aromatic heterocycles. The second-order valence-corrected chi connectivity index (χ2v) is 5.57. The fraction of sp³-hybridized carbons (Fsp3) is 0.400. The summed E-state index contributed by atoms with van der Waals surface area (Å²) in [5, 5.41) is 6.36. The molecule has 4 nitrogen and oxygen atoms in total. The van der Waals surface area contributed by atoms with E-state index in [1.54, 1.807) is 18.4 Å². The zero-order valence-electron chi connectivity index (χ0n) is 11.6. The molecule has 0 fully saturated rings. The Morgan fingerprint density at radius 1 is 1.45 bits per heavy atom. The molecule has 5 heteroatoms. The average molecular weight is 292 g/mol. The van der Waals surface area contributed by atoms with Gasteiger partial charge in [0.1, 0.15) is 0 Å². The quantitative estimate of drug-likeness (QED) is 0.819. The number of thiophene rings is 1. The zero-order valence-corrected chi connectivity index (χ0v) is 12.4. The Morgan fingerprint density at radius 3 is 3.00 bits per heavy atom. The van der Waals surface area contributed by atoms with Crippen molar-refractivity contribution in [3.05, 3.63) is 35.2 Å². The SMILES string of the molecule is COC(CN)CC(=O)NCCc1csc2ccccc12. The van der Waals surface area contributed by atoms with Gasteiger partial charge in [-0.15, -0.1) is 11.3 Å². The van der Waals surface area contributed by atoms with Crippen LogP contribution in [0.1, 0.15) is 12.0 Å². The van der Waals surface area contributed by atoms with Gasteiger partial charge in [0.05, 0.1) is 12.5 Å². The van der Waals surface area contributed by atoms with Crippen LogP contribution >= 0.6 is 11.3 Å². The highest BCUT2D eigenvalue weighted by molar-refractivity contribution is 7.17. The summed E-state index contributed by atoms with van der Waals surface area (Å²) >= 11 is 1.74. The van der Waals surface area contributed by atoms with E-state index in [1.807, 2.05) is 12.1 Å². The Kier molecular flexibility index (Phi) is 5.52. The third-order valence-corrected chi connectivity index (χ3v) is 4.30. The van der Waals surface area contributed by atoms with Gasteiger partial charge in [0.2, 0.25) is 5.91 Å². The molecule has 0 aliphatic rings. The van der Waals surface area contributed by atoms with Crippen molar-refractivity contribution in [2.45, 2.75) is 18.9 Å². The van der Waals surface area contributed by atoms with E-state index in [1.165, 1.54) is 15.6 Å². The number of fused-ring (bicyclic) bond motifs is 1. The third-order valence-electron chi connectivity index (χ3n) is 3.29. The Bertz CT molecular complexity index is 564. The van der Waals surface area contributed by atoms with E-state index in [2.05, 4.69) is 22.8 Å². The van der Waals surface area contributed by atoms with Gasteiger partial charge in [-0.2, -0.15) is 0 Å². The molecule has 2 aromatic rings. The van der Waals surface area contributed by atoms with Crippen LogP contribution in [0.25, 0.3) is 10.1 Å². The number of amides is 1. The minimum Gasteiger partial charge on any atom is -0.380 e. The van der Waals surface area contributed by atoms with Crippen LogP contribution in [0.2, 0.25) is 0 Å². The van der Waals surface area contributed by atoms with Crippen LogP contribution in [0.5, 0.6) is 0 Å². The number of methoxy groups -OCH3 is 1. The summed E-state index contributed by atoms with van der Waals surface area (Å²) in [5.74, 6) is -0.0122. The smallest absolute Gasteiger partial charge is 0.222 e. The van der Waals surface area contributed by atoms with Gasteiger partial charge in [-0.3, -0.25) is 4.79 Å². The first-order chi connectivity index (χ1) is 9.74. The first-order valence-corrected chi connectivity index (χ1v) is 7.57. The Morgan fingerprint density at radius 2 is 2.25 bits per heavy atom. The molecule has 2 rings (SSSR count). The van der Waals surface area contributed by atoms with Crippen LogP contribution in [0, 0.1) is 0 Å². The number of hydrogen-bond donors (Lipinski definition) is 2. The molecule has 3 N–H and O–H groups in total. The summed E-state index contributed by atoms with van der Waals surface area (Å²) in [4.78, 5) is 11.7. The number of carbonyl (C=O) groups is 1. The Balaban J connectivity index is 1.82. The first kappa shape index (κ1) is 15.0. The van der Waals surface area contributed by atoms with E-state index in [0.29, 0.717) is 19.5 Å². The lowest BCUT2D eigenvalue weighted by Crippen LogP contribution is -2.33. The van der Waals surface area contributed by atoms with Crippen LogP contribution in [0.3, 0.4) is 0 Å². The molecule has 20 heavy (non-hydrogen) atoms. The molecular weight excluding hydrogens is 272 g/mol. The van der Waals surface area contributed by atoms with Crippen molar-refractivity contribution < 1.29 is 9.53 Å². The third kappa shape index (κ3) is 3.79. The van der Waals surface area contributed by atoms with Gasteiger partial charge in [-0.25, -0.2) is 0 Å². The van der Waals surface area contributed by atoms with Crippen molar-refractivity contribution in [3.8, 4) is 0 Å². The molecular formula is C15H20N2O2S. The molecule has 1 heterocycles. The van der Waals surface area contributed by atoms with Crippen molar-refractivity contribution in [1.82, 2.24) is 5.32 Å².